The van der Waals surface area contributed by atoms with Gasteiger partial charge in [-0.25, -0.2) is 0 Å². The lowest BCUT2D eigenvalue weighted by molar-refractivity contribution is -0.0876. The molecule has 3 N–H and O–H groups in total. The molecule has 0 radical (unpaired) electrons. The van der Waals surface area contributed by atoms with Crippen LogP contribution in [0.4, 0.5) is 0 Å². The van der Waals surface area contributed by atoms with E-state index in [4.69, 9.17) is 21.1 Å². The quantitative estimate of drug-likeness (QED) is 0.242. The molecular weight excluding hydrogens is 480 g/mol. The highest BCUT2D eigenvalue weighted by Gasteiger charge is 2.34. The zero-order valence-corrected chi connectivity index (χ0v) is 18.4. The number of hydrogen-bond acceptors (Lipinski definition) is 5. The zero-order valence-electron chi connectivity index (χ0n) is 14.6. The Morgan fingerprint density at radius 2 is 1.92 bits per heavy atom. The van der Waals surface area contributed by atoms with Gasteiger partial charge in [-0.05, 0) is 61.1 Å². The fraction of sp³-hybridized carbons (Fsp3) is 0.625. The van der Waals surface area contributed by atoms with Gasteiger partial charge in [-0.3, -0.25) is 4.57 Å². The Morgan fingerprint density at radius 3 is 2.44 bits per heavy atom. The molecule has 0 amide bonds. The van der Waals surface area contributed by atoms with Gasteiger partial charge in [-0.1, -0.05) is 17.7 Å². The monoisotopic (exact) mass is 505 g/mol. The molecule has 0 aliphatic carbocycles. The molecule has 2 unspecified atom stereocenters. The third-order valence-corrected chi connectivity index (χ3v) is 6.97. The number of benzene rings is 1. The number of aliphatic hydroxyl groups excluding tert-OH is 1. The molecule has 9 heteroatoms. The topological polar surface area (TPSA) is 88.0 Å². The molecule has 1 aromatic rings. The third-order valence-electron chi connectivity index (χ3n) is 3.52. The van der Waals surface area contributed by atoms with Crippen molar-refractivity contribution >= 4 is 41.6 Å². The molecule has 0 heterocycles. The molecular formula is C16H26ClINO5P. The van der Waals surface area contributed by atoms with Gasteiger partial charge in [-0.15, -0.1) is 0 Å². The average Bonchev–Trinajstić information content (AvgIpc) is 2.54. The summed E-state index contributed by atoms with van der Waals surface area (Å²) < 4.78 is 23.7. The minimum atomic E-state index is -3.79. The van der Waals surface area contributed by atoms with Gasteiger partial charge in [0.25, 0.3) is 7.37 Å². The Hall–Kier alpha value is 0.270. The van der Waals surface area contributed by atoms with Crippen molar-refractivity contribution in [1.29, 1.82) is 0 Å². The highest BCUT2D eigenvalue weighted by Crippen LogP contribution is 2.47. The summed E-state index contributed by atoms with van der Waals surface area (Å²) in [6, 6.07) is 4.46. The maximum absolute atomic E-state index is 12.4. The number of halogens is 2. The maximum Gasteiger partial charge on any atom is 0.257 e. The number of rotatable bonds is 11. The molecule has 1 rings (SSSR count). The normalized spacial score (nSPS) is 16.6. The smallest absolute Gasteiger partial charge is 0.257 e. The van der Waals surface area contributed by atoms with Crippen LogP contribution in [0.1, 0.15) is 32.4 Å². The van der Waals surface area contributed by atoms with E-state index in [0.717, 1.165) is 9.13 Å². The first-order valence-corrected chi connectivity index (χ1v) is 11.5. The summed E-state index contributed by atoms with van der Waals surface area (Å²) in [7, 11) is -3.79. The van der Waals surface area contributed by atoms with Crippen molar-refractivity contribution in [3.63, 3.8) is 0 Å². The lowest BCUT2D eigenvalue weighted by atomic mass is 10.1. The fourth-order valence-corrected chi connectivity index (χ4v) is 4.56. The van der Waals surface area contributed by atoms with Crippen molar-refractivity contribution in [3.05, 3.63) is 32.4 Å². The summed E-state index contributed by atoms with van der Waals surface area (Å²) in [6.45, 7) is 6.09. The van der Waals surface area contributed by atoms with E-state index in [1.165, 1.54) is 0 Å². The molecule has 0 saturated heterocycles. The standard InChI is InChI=1S/C16H26ClINO5P/c1-4-23-16(24-5-2)25(21,22)10-13(20)9-19-11(3)12-6-7-14(17)15(18)8-12/h6-8,11,13,16,19-20H,4-5,9-10H2,1-3H3,(H,21,22)/t11?,13-/m0/s1. The van der Waals surface area contributed by atoms with E-state index in [2.05, 4.69) is 27.9 Å². The van der Waals surface area contributed by atoms with Crippen molar-refractivity contribution < 1.29 is 24.0 Å². The third kappa shape index (κ3) is 7.81. The molecule has 144 valence electrons. The first-order valence-electron chi connectivity index (χ1n) is 8.12. The number of aliphatic hydroxyl groups is 1. The summed E-state index contributed by atoms with van der Waals surface area (Å²) in [6.07, 6.45) is -1.29. The summed E-state index contributed by atoms with van der Waals surface area (Å²) in [5.41, 5.74) is 1.02. The summed E-state index contributed by atoms with van der Waals surface area (Å²) in [5.74, 6) is 0. The Balaban J connectivity index is 2.58. The lowest BCUT2D eigenvalue weighted by Crippen LogP contribution is -2.33. The van der Waals surface area contributed by atoms with Crippen LogP contribution >= 0.6 is 41.6 Å². The first kappa shape index (κ1) is 23.3. The van der Waals surface area contributed by atoms with Crippen molar-refractivity contribution in [2.24, 2.45) is 0 Å². The highest BCUT2D eigenvalue weighted by atomic mass is 127. The molecule has 6 nitrogen and oxygen atoms in total. The van der Waals surface area contributed by atoms with Crippen LogP contribution in [-0.2, 0) is 14.0 Å². The van der Waals surface area contributed by atoms with Gasteiger partial charge < -0.3 is 24.8 Å². The molecule has 0 fully saturated rings. The number of hydrogen-bond donors (Lipinski definition) is 3. The summed E-state index contributed by atoms with van der Waals surface area (Å²) >= 11 is 8.17. The van der Waals surface area contributed by atoms with Crippen LogP contribution in [0, 0.1) is 3.57 Å². The summed E-state index contributed by atoms with van der Waals surface area (Å²) in [4.78, 5) is 10.2. The van der Waals surface area contributed by atoms with Gasteiger partial charge >= 0.3 is 0 Å². The fourth-order valence-electron chi connectivity index (χ4n) is 2.23. The second kappa shape index (κ2) is 11.2. The maximum atomic E-state index is 12.4. The number of nitrogens with one attached hydrogen (secondary N) is 1. The molecule has 3 atom stereocenters. The van der Waals surface area contributed by atoms with Crippen LogP contribution in [0.3, 0.4) is 0 Å². The second-order valence-electron chi connectivity index (χ2n) is 5.61. The van der Waals surface area contributed by atoms with Gasteiger partial charge in [0.2, 0.25) is 6.03 Å². The molecule has 1 aromatic carbocycles. The van der Waals surface area contributed by atoms with Crippen molar-refractivity contribution in [1.82, 2.24) is 5.32 Å². The van der Waals surface area contributed by atoms with Crippen LogP contribution in [0.25, 0.3) is 0 Å². The van der Waals surface area contributed by atoms with Crippen LogP contribution in [0.5, 0.6) is 0 Å². The molecule has 0 aliphatic rings. The minimum Gasteiger partial charge on any atom is -0.391 e. The van der Waals surface area contributed by atoms with Gasteiger partial charge in [0.1, 0.15) is 0 Å². The minimum absolute atomic E-state index is 0.0342. The van der Waals surface area contributed by atoms with E-state index >= 15 is 0 Å². The Morgan fingerprint density at radius 1 is 1.32 bits per heavy atom. The van der Waals surface area contributed by atoms with Gasteiger partial charge in [0.05, 0.1) is 17.3 Å². The van der Waals surface area contributed by atoms with Crippen LogP contribution in [0.15, 0.2) is 18.2 Å². The van der Waals surface area contributed by atoms with E-state index in [0.29, 0.717) is 5.02 Å². The predicted octanol–water partition coefficient (Wildman–Crippen LogP) is 3.58. The molecule has 25 heavy (non-hydrogen) atoms. The summed E-state index contributed by atoms with van der Waals surface area (Å²) in [5, 5.41) is 14.0. The highest BCUT2D eigenvalue weighted by molar-refractivity contribution is 14.1. The molecule has 0 aromatic heterocycles. The lowest BCUT2D eigenvalue weighted by Gasteiger charge is -2.25. The van der Waals surface area contributed by atoms with E-state index in [1.54, 1.807) is 13.8 Å². The number of ether oxygens (including phenoxy) is 2. The van der Waals surface area contributed by atoms with E-state index < -0.39 is 19.5 Å². The van der Waals surface area contributed by atoms with E-state index in [-0.39, 0.29) is 32.0 Å². The van der Waals surface area contributed by atoms with Gasteiger partial charge in [0, 0.05) is 29.4 Å². The van der Waals surface area contributed by atoms with Crippen molar-refractivity contribution in [2.75, 3.05) is 25.9 Å². The van der Waals surface area contributed by atoms with E-state index in [9.17, 15) is 14.6 Å². The Kier molecular flexibility index (Phi) is 10.4. The van der Waals surface area contributed by atoms with Crippen molar-refractivity contribution in [2.45, 2.75) is 38.9 Å². The Labute approximate surface area is 167 Å². The largest absolute Gasteiger partial charge is 0.391 e. The Bertz CT molecular complexity index is 586. The van der Waals surface area contributed by atoms with Crippen LogP contribution in [-0.4, -0.2) is 48.1 Å². The average molecular weight is 506 g/mol. The zero-order chi connectivity index (χ0) is 19.0. The van der Waals surface area contributed by atoms with Gasteiger partial charge in [0.15, 0.2) is 0 Å². The van der Waals surface area contributed by atoms with Crippen molar-refractivity contribution in [3.8, 4) is 0 Å². The van der Waals surface area contributed by atoms with E-state index in [1.807, 2.05) is 25.1 Å². The molecule has 0 aliphatic heterocycles. The van der Waals surface area contributed by atoms with Crippen LogP contribution in [0.2, 0.25) is 5.02 Å². The molecule has 0 spiro atoms. The van der Waals surface area contributed by atoms with Gasteiger partial charge in [-0.2, -0.15) is 0 Å². The molecule has 0 saturated carbocycles. The first-order chi connectivity index (χ1) is 11.7. The van der Waals surface area contributed by atoms with Crippen LogP contribution < -0.4 is 5.32 Å². The predicted molar refractivity (Wildman–Crippen MR) is 108 cm³/mol. The SMILES string of the molecule is CCOC(OCC)P(=O)(O)C[C@@H](O)CNC(C)c1ccc(Cl)c(I)c1. The molecule has 0 bridgehead atoms. The second-order valence-corrected chi connectivity index (χ2v) is 9.48.